The average Bonchev–Trinajstić information content (AvgIpc) is 3.61. The third kappa shape index (κ3) is 6.37. The third-order valence-electron chi connectivity index (χ3n) is 8.14. The molecule has 0 aliphatic carbocycles. The molecule has 0 radical (unpaired) electrons. The monoisotopic (exact) mass is 643 g/mol. The first kappa shape index (κ1) is 33.4. The molecule has 5 N–H and O–H groups in total. The summed E-state index contributed by atoms with van der Waals surface area (Å²) in [6, 6.07) is 8.67. The van der Waals surface area contributed by atoms with E-state index >= 15 is 0 Å². The summed E-state index contributed by atoms with van der Waals surface area (Å²) in [6.07, 6.45) is 1.38. The maximum absolute atomic E-state index is 13.9. The minimum absolute atomic E-state index is 0.0925. The van der Waals surface area contributed by atoms with E-state index in [2.05, 4.69) is 5.32 Å². The van der Waals surface area contributed by atoms with Gasteiger partial charge in [0.15, 0.2) is 0 Å². The Balaban J connectivity index is 1.51. The molecule has 2 aliphatic heterocycles. The highest BCUT2D eigenvalue weighted by Crippen LogP contribution is 2.44. The number of benzene rings is 2. The number of halogens is 1. The van der Waals surface area contributed by atoms with E-state index < -0.39 is 59.6 Å². The van der Waals surface area contributed by atoms with E-state index in [1.807, 2.05) is 0 Å². The molecule has 2 aromatic rings. The van der Waals surface area contributed by atoms with Crippen molar-refractivity contribution in [2.24, 2.45) is 5.41 Å². The molecule has 2 aromatic carbocycles. The Bertz CT molecular complexity index is 1530. The van der Waals surface area contributed by atoms with Crippen LogP contribution in [0.2, 0.25) is 5.02 Å². The summed E-state index contributed by atoms with van der Waals surface area (Å²) >= 11 is 5.97. The van der Waals surface area contributed by atoms with Crippen molar-refractivity contribution in [1.82, 2.24) is 10.2 Å². The number of aliphatic carboxylic acids is 2. The van der Waals surface area contributed by atoms with Crippen LogP contribution >= 0.6 is 11.6 Å². The number of anilines is 1. The van der Waals surface area contributed by atoms with Gasteiger partial charge in [0.25, 0.3) is 0 Å². The van der Waals surface area contributed by atoms with Crippen LogP contribution in [0.25, 0.3) is 6.08 Å². The second-order valence-corrected chi connectivity index (χ2v) is 12.1. The lowest BCUT2D eigenvalue weighted by Crippen LogP contribution is -2.59. The first-order valence-electron chi connectivity index (χ1n) is 14.0. The van der Waals surface area contributed by atoms with Crippen molar-refractivity contribution in [1.29, 1.82) is 0 Å². The second-order valence-electron chi connectivity index (χ2n) is 11.6. The zero-order valence-electron chi connectivity index (χ0n) is 24.8. The van der Waals surface area contributed by atoms with Crippen LogP contribution in [0.4, 0.5) is 5.69 Å². The van der Waals surface area contributed by atoms with Gasteiger partial charge in [-0.15, -0.1) is 0 Å². The van der Waals surface area contributed by atoms with Crippen LogP contribution in [0.15, 0.2) is 48.5 Å². The number of carboxylic acids is 2. The first-order chi connectivity index (χ1) is 21.1. The van der Waals surface area contributed by atoms with Crippen LogP contribution in [0.3, 0.4) is 0 Å². The molecule has 4 rings (SSSR count). The van der Waals surface area contributed by atoms with E-state index in [0.717, 1.165) is 6.08 Å². The van der Waals surface area contributed by atoms with E-state index in [1.54, 1.807) is 45.2 Å². The van der Waals surface area contributed by atoms with Gasteiger partial charge in [-0.3, -0.25) is 14.4 Å². The van der Waals surface area contributed by atoms with Crippen LogP contribution in [-0.2, 0) is 24.0 Å². The summed E-state index contributed by atoms with van der Waals surface area (Å²) in [6.45, 7) is 3.03. The third-order valence-corrected chi connectivity index (χ3v) is 8.39. The number of nitrogens with one attached hydrogen (secondary N) is 1. The number of fused-ring (bicyclic) bond motifs is 1. The lowest BCUT2D eigenvalue weighted by molar-refractivity contribution is -0.180. The molecule has 0 spiro atoms. The summed E-state index contributed by atoms with van der Waals surface area (Å²) in [5.41, 5.74) is -3.23. The molecule has 13 nitrogen and oxygen atoms in total. The minimum Gasteiger partial charge on any atom is -0.478 e. The lowest BCUT2D eigenvalue weighted by atomic mass is 9.84. The molecular weight excluding hydrogens is 610 g/mol. The van der Waals surface area contributed by atoms with Crippen molar-refractivity contribution in [3.8, 4) is 5.75 Å². The van der Waals surface area contributed by atoms with Crippen LogP contribution in [0.5, 0.6) is 5.75 Å². The minimum atomic E-state index is -2.91. The van der Waals surface area contributed by atoms with Gasteiger partial charge in [0.1, 0.15) is 23.9 Å². The van der Waals surface area contributed by atoms with Crippen molar-refractivity contribution >= 4 is 53.0 Å². The Morgan fingerprint density at radius 2 is 1.78 bits per heavy atom. The highest BCUT2D eigenvalue weighted by atomic mass is 35.5. The fraction of sp³-hybridized carbons (Fsp3) is 0.387. The maximum Gasteiger partial charge on any atom is 0.363 e. The fourth-order valence-electron chi connectivity index (χ4n) is 5.35. The van der Waals surface area contributed by atoms with Crippen LogP contribution in [0.1, 0.15) is 43.9 Å². The maximum atomic E-state index is 13.9. The van der Waals surface area contributed by atoms with Crippen molar-refractivity contribution < 1.29 is 49.1 Å². The Morgan fingerprint density at radius 3 is 2.38 bits per heavy atom. The number of aliphatic hydroxyl groups excluding tert-OH is 2. The smallest absolute Gasteiger partial charge is 0.363 e. The molecule has 14 heteroatoms. The summed E-state index contributed by atoms with van der Waals surface area (Å²) in [5.74, 6) is -5.45. The molecule has 1 fully saturated rings. The number of carbonyl (C=O) groups excluding carboxylic acids is 3. The van der Waals surface area contributed by atoms with Crippen LogP contribution < -0.4 is 15.0 Å². The molecule has 240 valence electrons. The fourth-order valence-corrected chi connectivity index (χ4v) is 5.48. The Hall–Kier alpha value is -4.46. The zero-order chi connectivity index (χ0) is 33.3. The number of likely N-dealkylation sites (N-methyl/N-ethyl adjacent to an activating group) is 1. The quantitative estimate of drug-likeness (QED) is 0.188. The van der Waals surface area contributed by atoms with E-state index in [1.165, 1.54) is 34.1 Å². The Kier molecular flexibility index (Phi) is 9.57. The summed E-state index contributed by atoms with van der Waals surface area (Å²) in [4.78, 5) is 66.6. The number of likely N-dealkylation sites (tertiary alicyclic amines) is 1. The Labute approximate surface area is 263 Å². The molecule has 0 aromatic heterocycles. The van der Waals surface area contributed by atoms with E-state index in [-0.39, 0.29) is 23.8 Å². The van der Waals surface area contributed by atoms with Crippen molar-refractivity contribution in [3.63, 3.8) is 0 Å². The summed E-state index contributed by atoms with van der Waals surface area (Å²) in [5, 5.41) is 42.7. The molecule has 0 saturated carbocycles. The predicted molar refractivity (Wildman–Crippen MR) is 161 cm³/mol. The second kappa shape index (κ2) is 12.9. The standard InChI is InChI=1S/C31H34ClN3O10/c1-30(2,16-36)24(27(40)35-14-4-5-21(35)26(39)34(3)19-10-8-18(32)9-11-19)33-23(37)13-7-17-6-12-22-20(15-17)25(38)31(45-22,28(41)42)29(43)44/h6-13,15,21,24-25,36,38H,4-5,14,16H2,1-3H3,(H,33,37)(H,41,42)(H,43,44)/b13-7+. The van der Waals surface area contributed by atoms with Gasteiger partial charge in [-0.1, -0.05) is 31.5 Å². The van der Waals surface area contributed by atoms with Gasteiger partial charge in [0, 0.05) is 41.4 Å². The van der Waals surface area contributed by atoms with Gasteiger partial charge >= 0.3 is 17.5 Å². The number of aliphatic hydroxyl groups is 2. The lowest BCUT2D eigenvalue weighted by Gasteiger charge is -2.37. The predicted octanol–water partition coefficient (Wildman–Crippen LogP) is 1.84. The average molecular weight is 644 g/mol. The van der Waals surface area contributed by atoms with Crippen LogP contribution in [-0.4, -0.2) is 92.9 Å². The van der Waals surface area contributed by atoms with Crippen molar-refractivity contribution in [2.45, 2.75) is 50.5 Å². The number of rotatable bonds is 10. The molecule has 3 atom stereocenters. The molecule has 0 bridgehead atoms. The molecular formula is C31H34ClN3O10. The SMILES string of the molecule is CN(C(=O)C1CCCN1C(=O)C(NC(=O)/C=C/c1ccc2c(c1)C(O)C(C(=O)O)(C(=O)O)O2)C(C)(C)CO)c1ccc(Cl)cc1. The van der Waals surface area contributed by atoms with E-state index in [9.17, 15) is 44.4 Å². The molecule has 2 heterocycles. The van der Waals surface area contributed by atoms with Gasteiger partial charge in [-0.2, -0.15) is 0 Å². The largest absolute Gasteiger partial charge is 0.478 e. The number of carbonyl (C=O) groups is 5. The molecule has 2 aliphatic rings. The summed E-state index contributed by atoms with van der Waals surface area (Å²) < 4.78 is 5.11. The van der Waals surface area contributed by atoms with Crippen molar-refractivity contribution in [2.75, 3.05) is 25.1 Å². The summed E-state index contributed by atoms with van der Waals surface area (Å²) in [7, 11) is 1.60. The van der Waals surface area contributed by atoms with Crippen LogP contribution in [0, 0.1) is 5.41 Å². The number of ether oxygens (including phenoxy) is 1. The van der Waals surface area contributed by atoms with Gasteiger partial charge < -0.3 is 40.3 Å². The molecule has 1 saturated heterocycles. The molecule has 3 unspecified atom stereocenters. The number of hydrogen-bond donors (Lipinski definition) is 5. The van der Waals surface area contributed by atoms with Gasteiger partial charge in [0.05, 0.1) is 6.61 Å². The van der Waals surface area contributed by atoms with Gasteiger partial charge in [0.2, 0.25) is 17.7 Å². The number of carboxylic acid groups (broad SMARTS) is 2. The highest BCUT2D eigenvalue weighted by molar-refractivity contribution is 6.30. The molecule has 45 heavy (non-hydrogen) atoms. The zero-order valence-corrected chi connectivity index (χ0v) is 25.5. The highest BCUT2D eigenvalue weighted by Gasteiger charge is 2.61. The van der Waals surface area contributed by atoms with Crippen molar-refractivity contribution in [3.05, 3.63) is 64.7 Å². The number of amides is 3. The number of hydrogen-bond acceptors (Lipinski definition) is 8. The Morgan fingerprint density at radius 1 is 1.13 bits per heavy atom. The number of nitrogens with zero attached hydrogens (tertiary/aromatic N) is 2. The van der Waals surface area contributed by atoms with Gasteiger partial charge in [-0.05, 0) is 60.9 Å². The normalized spacial score (nSPS) is 19.5. The first-order valence-corrected chi connectivity index (χ1v) is 14.4. The topological polar surface area (TPSA) is 194 Å². The van der Waals surface area contributed by atoms with E-state index in [0.29, 0.717) is 29.1 Å². The van der Waals surface area contributed by atoms with Gasteiger partial charge in [-0.25, -0.2) is 9.59 Å². The molecule has 3 amide bonds. The van der Waals surface area contributed by atoms with E-state index in [4.69, 9.17) is 16.3 Å².